The van der Waals surface area contributed by atoms with Crippen LogP contribution in [0.4, 0.5) is 0 Å². The fourth-order valence-electron chi connectivity index (χ4n) is 11.5. The van der Waals surface area contributed by atoms with Crippen molar-refractivity contribution < 1.29 is 67.2 Å². The second kappa shape index (κ2) is 19.9. The molecule has 18 atom stereocenters. The molecule has 8 rings (SSSR count). The number of ether oxygens (including phenoxy) is 10. The Bertz CT molecular complexity index is 1830. The maximum Gasteiger partial charge on any atom is 0.316 e. The fourth-order valence-corrected chi connectivity index (χ4v) is 11.5. The van der Waals surface area contributed by atoms with Gasteiger partial charge in [-0.05, 0) is 75.7 Å². The number of aliphatic hydroxyl groups is 2. The van der Waals surface area contributed by atoms with Gasteiger partial charge in [0.2, 0.25) is 0 Å². The zero-order chi connectivity index (χ0) is 45.5. The summed E-state index contributed by atoms with van der Waals surface area (Å²) in [4.78, 5) is 27.9. The van der Waals surface area contributed by atoms with Crippen LogP contribution in [0.2, 0.25) is 0 Å². The summed E-state index contributed by atoms with van der Waals surface area (Å²) in [5.74, 6) is -2.83. The fraction of sp³-hybridized carbons (Fsp3) is 0.760. The van der Waals surface area contributed by atoms with Crippen LogP contribution in [0.1, 0.15) is 106 Å². The van der Waals surface area contributed by atoms with Crippen molar-refractivity contribution in [1.29, 1.82) is 0 Å². The number of Topliss-reactive ketones (excluding diaryl/α,β-unsaturated/α-hetero) is 1. The number of carbonyl (C=O) groups is 2. The van der Waals surface area contributed by atoms with Crippen LogP contribution in [-0.4, -0.2) is 134 Å². The molecule has 1 saturated carbocycles. The minimum Gasteiger partial charge on any atom is -0.462 e. The first-order chi connectivity index (χ1) is 30.6. The highest BCUT2D eigenvalue weighted by atomic mass is 16.7. The lowest BCUT2D eigenvalue weighted by Gasteiger charge is -2.49. The second-order valence-corrected chi connectivity index (χ2v) is 19.8. The van der Waals surface area contributed by atoms with E-state index in [-0.39, 0.29) is 42.5 Å². The number of methoxy groups -OCH3 is 2. The topological polar surface area (TPSA) is 167 Å². The third kappa shape index (κ3) is 9.72. The smallest absolute Gasteiger partial charge is 0.316 e. The first-order valence-electron chi connectivity index (χ1n) is 23.8. The Morgan fingerprint density at radius 2 is 1.55 bits per heavy atom. The molecule has 0 aromatic carbocycles. The summed E-state index contributed by atoms with van der Waals surface area (Å²) in [6.45, 7) is 11.7. The SMILES string of the molecule is CO[C@H]1C[C@H](O[C@H]2[C@H](C)O[C@@H](O[C@@H]3/C(C)=C/C[C@@H]4CC(C[C@]5(C=C[C@H](C)[C@@H](C6CCCCC6)O5)O4)OC(=O)C4C=C(C)C(=O)[C@H]5OC/C(=C\C=C\[C@@H]3C)[C@@]45O)C[C@@H]2OC)O[C@@H](C)C1O. The van der Waals surface area contributed by atoms with E-state index in [1.165, 1.54) is 25.3 Å². The number of esters is 1. The van der Waals surface area contributed by atoms with Crippen molar-refractivity contribution >= 4 is 11.8 Å². The Morgan fingerprint density at radius 1 is 0.828 bits per heavy atom. The van der Waals surface area contributed by atoms with Crippen molar-refractivity contribution in [2.45, 2.75) is 197 Å². The van der Waals surface area contributed by atoms with Crippen LogP contribution in [0.5, 0.6) is 0 Å². The number of ketones is 1. The van der Waals surface area contributed by atoms with E-state index >= 15 is 0 Å². The normalized spacial score (nSPS) is 48.1. The van der Waals surface area contributed by atoms with Gasteiger partial charge in [0.25, 0.3) is 0 Å². The monoisotopic (exact) mass is 896 g/mol. The molecule has 64 heavy (non-hydrogen) atoms. The zero-order valence-corrected chi connectivity index (χ0v) is 38.9. The van der Waals surface area contributed by atoms with E-state index in [1.54, 1.807) is 34.1 Å². The molecular formula is C50H72O14. The maximum atomic E-state index is 14.4. The van der Waals surface area contributed by atoms with Crippen LogP contribution in [-0.2, 0) is 57.0 Å². The van der Waals surface area contributed by atoms with Crippen LogP contribution in [0.15, 0.2) is 59.3 Å². The highest BCUT2D eigenvalue weighted by Crippen LogP contribution is 2.47. The van der Waals surface area contributed by atoms with E-state index in [9.17, 15) is 19.8 Å². The average molecular weight is 897 g/mol. The van der Waals surface area contributed by atoms with Crippen LogP contribution in [0, 0.1) is 23.7 Å². The van der Waals surface area contributed by atoms with Crippen LogP contribution in [0.25, 0.3) is 0 Å². The Hall–Kier alpha value is -2.60. The molecule has 6 aliphatic heterocycles. The zero-order valence-electron chi connectivity index (χ0n) is 38.9. The van der Waals surface area contributed by atoms with Crippen LogP contribution >= 0.6 is 0 Å². The second-order valence-electron chi connectivity index (χ2n) is 19.8. The number of allylic oxidation sites excluding steroid dienone is 2. The van der Waals surface area contributed by atoms with Gasteiger partial charge in [-0.15, -0.1) is 0 Å². The summed E-state index contributed by atoms with van der Waals surface area (Å²) in [5.41, 5.74) is -0.200. The quantitative estimate of drug-likeness (QED) is 0.222. The van der Waals surface area contributed by atoms with Crippen molar-refractivity contribution in [2.24, 2.45) is 23.7 Å². The molecule has 6 heterocycles. The largest absolute Gasteiger partial charge is 0.462 e. The van der Waals surface area contributed by atoms with E-state index in [0.717, 1.165) is 18.4 Å². The summed E-state index contributed by atoms with van der Waals surface area (Å²) < 4.78 is 63.9. The van der Waals surface area contributed by atoms with Gasteiger partial charge in [0, 0.05) is 51.7 Å². The summed E-state index contributed by atoms with van der Waals surface area (Å²) in [5, 5.41) is 23.0. The van der Waals surface area contributed by atoms with Crippen molar-refractivity contribution in [3.05, 3.63) is 59.3 Å². The first-order valence-corrected chi connectivity index (χ1v) is 23.8. The summed E-state index contributed by atoms with van der Waals surface area (Å²) in [7, 11) is 3.22. The predicted molar refractivity (Wildman–Crippen MR) is 233 cm³/mol. The molecule has 5 fully saturated rings. The number of hydrogen-bond acceptors (Lipinski definition) is 14. The number of carbonyl (C=O) groups excluding carboxylic acids is 2. The molecule has 2 N–H and O–H groups in total. The molecule has 356 valence electrons. The minimum atomic E-state index is -1.93. The van der Waals surface area contributed by atoms with Crippen molar-refractivity contribution in [3.8, 4) is 0 Å². The molecule has 0 aromatic heterocycles. The Morgan fingerprint density at radius 3 is 2.30 bits per heavy atom. The summed E-state index contributed by atoms with van der Waals surface area (Å²) >= 11 is 0. The van der Waals surface area contributed by atoms with Crippen molar-refractivity contribution in [2.75, 3.05) is 20.8 Å². The third-order valence-electron chi connectivity index (χ3n) is 15.2. The highest BCUT2D eigenvalue weighted by Gasteiger charge is 2.60. The number of fused-ring (bicyclic) bond motifs is 2. The number of aliphatic hydroxyl groups excluding tert-OH is 1. The molecule has 0 aromatic rings. The van der Waals surface area contributed by atoms with Gasteiger partial charge in [-0.1, -0.05) is 69.6 Å². The van der Waals surface area contributed by atoms with Gasteiger partial charge >= 0.3 is 5.97 Å². The van der Waals surface area contributed by atoms with Crippen LogP contribution < -0.4 is 0 Å². The van der Waals surface area contributed by atoms with Gasteiger partial charge in [0.05, 0.1) is 49.3 Å². The lowest BCUT2D eigenvalue weighted by Crippen LogP contribution is -2.57. The Kier molecular flexibility index (Phi) is 14.9. The Balaban J connectivity index is 1.08. The highest BCUT2D eigenvalue weighted by molar-refractivity contribution is 6.03. The lowest BCUT2D eigenvalue weighted by atomic mass is 9.71. The van der Waals surface area contributed by atoms with E-state index in [4.69, 9.17) is 47.4 Å². The molecule has 14 nitrogen and oxygen atoms in total. The molecule has 0 amide bonds. The molecule has 2 bridgehead atoms. The van der Waals surface area contributed by atoms with E-state index in [1.807, 2.05) is 32.1 Å². The van der Waals surface area contributed by atoms with E-state index in [0.29, 0.717) is 49.2 Å². The minimum absolute atomic E-state index is 0.0236. The van der Waals surface area contributed by atoms with Gasteiger partial charge < -0.3 is 57.6 Å². The lowest BCUT2D eigenvalue weighted by molar-refractivity contribution is -0.318. The van der Waals surface area contributed by atoms with Gasteiger partial charge in [-0.25, -0.2) is 0 Å². The van der Waals surface area contributed by atoms with Crippen LogP contribution in [0.3, 0.4) is 0 Å². The van der Waals surface area contributed by atoms with E-state index < -0.39 is 84.7 Å². The van der Waals surface area contributed by atoms with E-state index in [2.05, 4.69) is 26.0 Å². The molecule has 2 aliphatic carbocycles. The average Bonchev–Trinajstić information content (AvgIpc) is 3.62. The van der Waals surface area contributed by atoms with Crippen molar-refractivity contribution in [3.63, 3.8) is 0 Å². The molecule has 0 radical (unpaired) electrons. The molecule has 3 unspecified atom stereocenters. The summed E-state index contributed by atoms with van der Waals surface area (Å²) in [6, 6.07) is 0. The molecule has 1 spiro atoms. The number of rotatable bonds is 7. The van der Waals surface area contributed by atoms with Gasteiger partial charge in [0.15, 0.2) is 30.3 Å². The third-order valence-corrected chi connectivity index (χ3v) is 15.2. The van der Waals surface area contributed by atoms with Gasteiger partial charge in [-0.2, -0.15) is 0 Å². The number of hydrogen-bond donors (Lipinski definition) is 2. The Labute approximate surface area is 378 Å². The van der Waals surface area contributed by atoms with Crippen molar-refractivity contribution in [1.82, 2.24) is 0 Å². The van der Waals surface area contributed by atoms with Gasteiger partial charge in [-0.3, -0.25) is 9.59 Å². The first kappa shape index (κ1) is 47.9. The molecule has 8 aliphatic rings. The molecule has 4 saturated heterocycles. The molecular weight excluding hydrogens is 825 g/mol. The standard InChI is InChI=1S/C50H72O14/c1-27-13-12-16-34-26-57-47-42(51)30(4)21-37(50(34,47)54)48(53)60-36-22-35(63-49(25-36)20-19-29(3)45(64-49)33-14-10-9-11-15-33)18-17-28(2)44(27)61-41-24-39(56-8)46(32(6)59-41)62-40-23-38(55-7)43(52)31(5)58-40/h12-13,16-17,19-21,27,29,31-33,35-41,43-47,52,54H,9-11,14-15,18,22-26H2,1-8H3/b13-12+,28-17+,34-16+/t27-,29-,31-,32-,35+,36?,37?,38-,39-,40-,41-,43?,44-,45-,46-,47+,49+,50+/m0/s1. The maximum absolute atomic E-state index is 14.4. The molecule has 14 heteroatoms. The van der Waals surface area contributed by atoms with Gasteiger partial charge in [0.1, 0.15) is 29.8 Å². The predicted octanol–water partition coefficient (Wildman–Crippen LogP) is 6.12. The summed E-state index contributed by atoms with van der Waals surface area (Å²) in [6.07, 6.45) is 14.3.